The average molecular weight is 142 g/mol. The largest absolute Gasteiger partial charge is 0.549 e. The molecule has 0 bridgehead atoms. The maximum Gasteiger partial charge on any atom is 0.243 e. The van der Waals surface area contributed by atoms with Crippen molar-refractivity contribution in [1.82, 2.24) is 0 Å². The molecule has 0 N–H and O–H groups in total. The highest BCUT2D eigenvalue weighted by Crippen LogP contribution is 1.91. The van der Waals surface area contributed by atoms with Crippen molar-refractivity contribution in [3.8, 4) is 0 Å². The van der Waals surface area contributed by atoms with E-state index >= 15 is 0 Å². The first-order valence-corrected chi connectivity index (χ1v) is 4.57. The average Bonchev–Trinajstić information content (AvgIpc) is 1.89. The van der Waals surface area contributed by atoms with E-state index in [1.54, 1.807) is 0 Å². The third-order valence-corrected chi connectivity index (χ3v) is 2.34. The van der Waals surface area contributed by atoms with Crippen LogP contribution < -0.4 is 0 Å². The molecule has 9 heavy (non-hydrogen) atoms. The van der Waals surface area contributed by atoms with E-state index in [0.717, 1.165) is 5.76 Å². The fourth-order valence-corrected chi connectivity index (χ4v) is 1.08. The minimum absolute atomic E-state index is 0.396. The molecule has 0 aliphatic rings. The molecule has 0 fully saturated rings. The molecular formula is C7H14OSi. The van der Waals surface area contributed by atoms with Crippen molar-refractivity contribution in [2.24, 2.45) is 0 Å². The van der Waals surface area contributed by atoms with Gasteiger partial charge in [-0.1, -0.05) is 17.9 Å². The van der Waals surface area contributed by atoms with Crippen LogP contribution >= 0.6 is 0 Å². The molecule has 0 spiro atoms. The van der Waals surface area contributed by atoms with E-state index in [4.69, 9.17) is 4.43 Å². The highest BCUT2D eigenvalue weighted by molar-refractivity contribution is 6.34. The van der Waals surface area contributed by atoms with E-state index < -0.39 is 9.76 Å². The molecule has 0 amide bonds. The summed E-state index contributed by atoms with van der Waals surface area (Å²) in [7, 11) is -0.396. The van der Waals surface area contributed by atoms with Gasteiger partial charge in [0.15, 0.2) is 0 Å². The van der Waals surface area contributed by atoms with Gasteiger partial charge in [0, 0.05) is 0 Å². The van der Waals surface area contributed by atoms with Gasteiger partial charge in [0.1, 0.15) is 0 Å². The van der Waals surface area contributed by atoms with Gasteiger partial charge >= 0.3 is 0 Å². The number of hydrogen-bond acceptors (Lipinski definition) is 1. The van der Waals surface area contributed by atoms with Crippen molar-refractivity contribution < 1.29 is 4.43 Å². The van der Waals surface area contributed by atoms with Crippen molar-refractivity contribution in [1.29, 1.82) is 0 Å². The molecule has 0 radical (unpaired) electrons. The van der Waals surface area contributed by atoms with Crippen LogP contribution in [0, 0.1) is 0 Å². The fraction of sp³-hybridized carbons (Fsp3) is 0.429. The second-order valence-corrected chi connectivity index (χ2v) is 2.87. The van der Waals surface area contributed by atoms with Gasteiger partial charge in [-0.3, -0.25) is 0 Å². The lowest BCUT2D eigenvalue weighted by molar-refractivity contribution is 0.461. The van der Waals surface area contributed by atoms with Gasteiger partial charge in [0.25, 0.3) is 0 Å². The zero-order valence-electron chi connectivity index (χ0n) is 6.35. The minimum atomic E-state index is -0.396. The zero-order chi connectivity index (χ0) is 7.11. The second-order valence-electron chi connectivity index (χ2n) is 1.78. The molecule has 0 aliphatic heterocycles. The van der Waals surface area contributed by atoms with Gasteiger partial charge < -0.3 is 4.43 Å². The lowest BCUT2D eigenvalue weighted by Crippen LogP contribution is -1.91. The topological polar surface area (TPSA) is 9.23 Å². The minimum Gasteiger partial charge on any atom is -0.549 e. The van der Waals surface area contributed by atoms with Crippen LogP contribution in [-0.2, 0) is 4.43 Å². The van der Waals surface area contributed by atoms with Gasteiger partial charge in [-0.05, 0) is 20.8 Å². The van der Waals surface area contributed by atoms with E-state index in [1.165, 1.54) is 0 Å². The second kappa shape index (κ2) is 5.63. The highest BCUT2D eigenvalue weighted by atomic mass is 28.2. The molecule has 2 heteroatoms. The molecule has 0 rings (SSSR count). The molecule has 0 heterocycles. The normalized spacial score (nSPS) is 13.9. The smallest absolute Gasteiger partial charge is 0.243 e. The summed E-state index contributed by atoms with van der Waals surface area (Å²) in [6.45, 7) is 5.98. The Hall–Kier alpha value is -0.503. The maximum atomic E-state index is 5.34. The summed E-state index contributed by atoms with van der Waals surface area (Å²) in [6.07, 6.45) is 4.02. The van der Waals surface area contributed by atoms with Crippen LogP contribution in [0.2, 0.25) is 0 Å². The molecule has 52 valence electrons. The molecule has 1 nitrogen and oxygen atoms in total. The molecule has 0 saturated heterocycles. The van der Waals surface area contributed by atoms with E-state index in [1.807, 2.05) is 32.9 Å². The fourth-order valence-electron chi connectivity index (χ4n) is 0.359. The Bertz CT molecular complexity index is 116. The summed E-state index contributed by atoms with van der Waals surface area (Å²) in [5.41, 5.74) is 2.12. The Morgan fingerprint density at radius 3 is 2.56 bits per heavy atom. The SMILES string of the molecule is CC=C[SiH2]OC(C)=CC. The first kappa shape index (κ1) is 8.50. The maximum absolute atomic E-state index is 5.34. The van der Waals surface area contributed by atoms with Gasteiger partial charge in [0.05, 0.1) is 5.76 Å². The van der Waals surface area contributed by atoms with Crippen LogP contribution in [0.1, 0.15) is 20.8 Å². The number of allylic oxidation sites excluding steroid dienone is 3. The lowest BCUT2D eigenvalue weighted by atomic mass is 10.5. The van der Waals surface area contributed by atoms with E-state index in [2.05, 4.69) is 5.70 Å². The van der Waals surface area contributed by atoms with Gasteiger partial charge in [0.2, 0.25) is 9.76 Å². The monoisotopic (exact) mass is 142 g/mol. The quantitative estimate of drug-likeness (QED) is 0.429. The summed E-state index contributed by atoms with van der Waals surface area (Å²) in [6, 6.07) is 0. The van der Waals surface area contributed by atoms with Crippen LogP contribution in [0.15, 0.2) is 23.6 Å². The Kier molecular flexibility index (Phi) is 5.32. The standard InChI is InChI=1S/C7H14OSi/c1-4-6-9-8-7(3)5-2/h4-6H,9H2,1-3H3. The lowest BCUT2D eigenvalue weighted by Gasteiger charge is -2.00. The highest BCUT2D eigenvalue weighted by Gasteiger charge is 1.81. The molecular weight excluding hydrogens is 128 g/mol. The molecule has 0 unspecified atom stereocenters. The summed E-state index contributed by atoms with van der Waals surface area (Å²) in [4.78, 5) is 0. The van der Waals surface area contributed by atoms with E-state index in [0.29, 0.717) is 0 Å². The summed E-state index contributed by atoms with van der Waals surface area (Å²) >= 11 is 0. The molecule has 0 aromatic heterocycles. The van der Waals surface area contributed by atoms with Crippen LogP contribution in [0.5, 0.6) is 0 Å². The van der Waals surface area contributed by atoms with Crippen molar-refractivity contribution in [2.45, 2.75) is 20.8 Å². The molecule has 0 saturated carbocycles. The van der Waals surface area contributed by atoms with Crippen molar-refractivity contribution in [3.63, 3.8) is 0 Å². The molecule has 0 aromatic carbocycles. The number of hydrogen-bond donors (Lipinski definition) is 0. The first-order chi connectivity index (χ1) is 4.31. The van der Waals surface area contributed by atoms with Crippen LogP contribution in [0.25, 0.3) is 0 Å². The summed E-state index contributed by atoms with van der Waals surface area (Å²) in [5.74, 6) is 1.04. The van der Waals surface area contributed by atoms with Crippen molar-refractivity contribution >= 4 is 9.76 Å². The van der Waals surface area contributed by atoms with Gasteiger partial charge in [-0.25, -0.2) is 0 Å². The third kappa shape index (κ3) is 5.37. The van der Waals surface area contributed by atoms with Crippen molar-refractivity contribution in [2.75, 3.05) is 0 Å². The van der Waals surface area contributed by atoms with Gasteiger partial charge in [-0.15, -0.1) is 0 Å². The van der Waals surface area contributed by atoms with Crippen molar-refractivity contribution in [3.05, 3.63) is 23.6 Å². The Labute approximate surface area is 59.4 Å². The van der Waals surface area contributed by atoms with Gasteiger partial charge in [-0.2, -0.15) is 0 Å². The van der Waals surface area contributed by atoms with E-state index in [9.17, 15) is 0 Å². The van der Waals surface area contributed by atoms with Crippen LogP contribution in [0.3, 0.4) is 0 Å². The summed E-state index contributed by atoms with van der Waals surface area (Å²) < 4.78 is 5.34. The Morgan fingerprint density at radius 2 is 2.11 bits per heavy atom. The molecule has 0 aliphatic carbocycles. The summed E-state index contributed by atoms with van der Waals surface area (Å²) in [5, 5.41) is 0. The zero-order valence-corrected chi connectivity index (χ0v) is 7.76. The Morgan fingerprint density at radius 1 is 1.44 bits per heavy atom. The first-order valence-electron chi connectivity index (χ1n) is 3.18. The third-order valence-electron chi connectivity index (χ3n) is 1.05. The predicted molar refractivity (Wildman–Crippen MR) is 43.9 cm³/mol. The van der Waals surface area contributed by atoms with E-state index in [-0.39, 0.29) is 0 Å². The van der Waals surface area contributed by atoms with Crippen LogP contribution in [-0.4, -0.2) is 9.76 Å². The van der Waals surface area contributed by atoms with Crippen LogP contribution in [0.4, 0.5) is 0 Å². The molecule has 0 atom stereocenters. The predicted octanol–water partition coefficient (Wildman–Crippen LogP) is 1.54. The molecule has 0 aromatic rings. The number of rotatable bonds is 3. The Balaban J connectivity index is 3.28.